The molecule has 0 amide bonds. The number of Topliss-reactive ketones (excluding diaryl/α,β-unsaturated/α-hetero) is 1. The van der Waals surface area contributed by atoms with Crippen molar-refractivity contribution in [2.75, 3.05) is 32.7 Å². The summed E-state index contributed by atoms with van der Waals surface area (Å²) in [6, 6.07) is 6.70. The number of hydrogen-bond acceptors (Lipinski definition) is 4. The Bertz CT molecular complexity index is 373. The third-order valence-corrected chi connectivity index (χ3v) is 2.78. The first-order valence-electron chi connectivity index (χ1n) is 5.51. The Hall–Kier alpha value is -1.39. The van der Waals surface area contributed by atoms with Gasteiger partial charge >= 0.3 is 0 Å². The van der Waals surface area contributed by atoms with Gasteiger partial charge in [0.05, 0.1) is 12.1 Å². The summed E-state index contributed by atoms with van der Waals surface area (Å²) in [6.45, 7) is 4.01. The lowest BCUT2D eigenvalue weighted by molar-refractivity contribution is 0.0919. The van der Waals surface area contributed by atoms with Crippen LogP contribution in [0.4, 0.5) is 0 Å². The fourth-order valence-corrected chi connectivity index (χ4v) is 1.87. The molecule has 0 radical (unpaired) electrons. The average Bonchev–Trinajstić information content (AvgIpc) is 2.31. The number of carbonyl (C=O) groups is 1. The highest BCUT2D eigenvalue weighted by Gasteiger charge is 2.16. The van der Waals surface area contributed by atoms with Crippen molar-refractivity contribution in [3.63, 3.8) is 0 Å². The molecule has 0 bridgehead atoms. The van der Waals surface area contributed by atoms with Gasteiger partial charge in [0.1, 0.15) is 5.75 Å². The van der Waals surface area contributed by atoms with Crippen LogP contribution in [0.3, 0.4) is 0 Å². The maximum Gasteiger partial charge on any atom is 0.180 e. The number of benzene rings is 1. The molecular weight excluding hydrogens is 204 g/mol. The zero-order chi connectivity index (χ0) is 11.4. The molecule has 1 fully saturated rings. The maximum atomic E-state index is 11.9. The number of ketones is 1. The van der Waals surface area contributed by atoms with Crippen LogP contribution in [0.1, 0.15) is 10.4 Å². The van der Waals surface area contributed by atoms with Gasteiger partial charge in [-0.15, -0.1) is 0 Å². The quantitative estimate of drug-likeness (QED) is 0.727. The van der Waals surface area contributed by atoms with E-state index in [9.17, 15) is 9.90 Å². The molecular formula is C12H16N2O2. The number of para-hydroxylation sites is 1. The van der Waals surface area contributed by atoms with Crippen molar-refractivity contribution >= 4 is 5.78 Å². The van der Waals surface area contributed by atoms with Crippen LogP contribution in [0.5, 0.6) is 5.75 Å². The van der Waals surface area contributed by atoms with Crippen LogP contribution in [0, 0.1) is 0 Å². The van der Waals surface area contributed by atoms with Crippen LogP contribution < -0.4 is 5.32 Å². The fourth-order valence-electron chi connectivity index (χ4n) is 1.87. The van der Waals surface area contributed by atoms with Gasteiger partial charge in [0, 0.05) is 26.2 Å². The Morgan fingerprint density at radius 3 is 2.69 bits per heavy atom. The molecule has 4 heteroatoms. The summed E-state index contributed by atoms with van der Waals surface area (Å²) in [7, 11) is 0. The normalized spacial score (nSPS) is 17.2. The highest BCUT2D eigenvalue weighted by molar-refractivity contribution is 5.99. The molecule has 2 N–H and O–H groups in total. The number of nitrogens with one attached hydrogen (secondary N) is 1. The zero-order valence-electron chi connectivity index (χ0n) is 9.15. The van der Waals surface area contributed by atoms with E-state index in [-0.39, 0.29) is 11.5 Å². The molecule has 0 unspecified atom stereocenters. The van der Waals surface area contributed by atoms with E-state index in [2.05, 4.69) is 10.2 Å². The van der Waals surface area contributed by atoms with Gasteiger partial charge in [0.25, 0.3) is 0 Å². The smallest absolute Gasteiger partial charge is 0.180 e. The van der Waals surface area contributed by atoms with Gasteiger partial charge < -0.3 is 10.4 Å². The van der Waals surface area contributed by atoms with E-state index in [0.29, 0.717) is 12.1 Å². The van der Waals surface area contributed by atoms with E-state index in [1.807, 2.05) is 0 Å². The standard InChI is InChI=1S/C12H16N2O2/c15-11-4-2-1-3-10(11)12(16)9-14-7-5-13-6-8-14/h1-4,13,15H,5-9H2. The van der Waals surface area contributed by atoms with Crippen LogP contribution in [0.2, 0.25) is 0 Å². The minimum atomic E-state index is -0.0139. The predicted molar refractivity (Wildman–Crippen MR) is 61.7 cm³/mol. The average molecular weight is 220 g/mol. The van der Waals surface area contributed by atoms with Crippen molar-refractivity contribution in [1.29, 1.82) is 0 Å². The van der Waals surface area contributed by atoms with E-state index in [1.165, 1.54) is 0 Å². The molecule has 16 heavy (non-hydrogen) atoms. The van der Waals surface area contributed by atoms with E-state index in [1.54, 1.807) is 24.3 Å². The molecule has 0 aliphatic carbocycles. The number of nitrogens with zero attached hydrogens (tertiary/aromatic N) is 1. The summed E-state index contributed by atoms with van der Waals surface area (Å²) >= 11 is 0. The van der Waals surface area contributed by atoms with Crippen LogP contribution in [0.15, 0.2) is 24.3 Å². The van der Waals surface area contributed by atoms with Crippen LogP contribution in [-0.4, -0.2) is 48.5 Å². The van der Waals surface area contributed by atoms with Crippen molar-refractivity contribution in [2.24, 2.45) is 0 Å². The molecule has 1 aliphatic heterocycles. The first kappa shape index (κ1) is 11.1. The van der Waals surface area contributed by atoms with Crippen molar-refractivity contribution in [1.82, 2.24) is 10.2 Å². The minimum Gasteiger partial charge on any atom is -0.507 e. The third kappa shape index (κ3) is 2.59. The summed E-state index contributed by atoms with van der Waals surface area (Å²) in [6.07, 6.45) is 0. The van der Waals surface area contributed by atoms with Gasteiger partial charge in [0.2, 0.25) is 0 Å². The number of aromatic hydroxyl groups is 1. The first-order valence-corrected chi connectivity index (χ1v) is 5.51. The molecule has 0 atom stereocenters. The lowest BCUT2D eigenvalue weighted by atomic mass is 10.1. The number of phenolic OH excluding ortho intramolecular Hbond substituents is 1. The third-order valence-electron chi connectivity index (χ3n) is 2.78. The second kappa shape index (κ2) is 5.09. The molecule has 86 valence electrons. The Labute approximate surface area is 94.9 Å². The predicted octanol–water partition coefficient (Wildman–Crippen LogP) is 0.480. The summed E-state index contributed by atoms with van der Waals surface area (Å²) < 4.78 is 0. The lowest BCUT2D eigenvalue weighted by Gasteiger charge is -2.26. The molecule has 0 aromatic heterocycles. The van der Waals surface area contributed by atoms with Crippen LogP contribution in [-0.2, 0) is 0 Å². The molecule has 2 rings (SSSR count). The molecule has 0 spiro atoms. The zero-order valence-corrected chi connectivity index (χ0v) is 9.15. The van der Waals surface area contributed by atoms with Gasteiger partial charge in [-0.1, -0.05) is 12.1 Å². The second-order valence-electron chi connectivity index (χ2n) is 3.97. The van der Waals surface area contributed by atoms with E-state index < -0.39 is 0 Å². The number of phenols is 1. The fraction of sp³-hybridized carbons (Fsp3) is 0.417. The number of hydrogen-bond donors (Lipinski definition) is 2. The molecule has 1 heterocycles. The molecule has 0 saturated carbocycles. The Kier molecular flexibility index (Phi) is 3.54. The lowest BCUT2D eigenvalue weighted by Crippen LogP contribution is -2.45. The summed E-state index contributed by atoms with van der Waals surface area (Å²) in [5.74, 6) is 0.0580. The van der Waals surface area contributed by atoms with Gasteiger partial charge in [-0.2, -0.15) is 0 Å². The van der Waals surface area contributed by atoms with Crippen molar-refractivity contribution < 1.29 is 9.90 Å². The summed E-state index contributed by atoms with van der Waals surface area (Å²) in [4.78, 5) is 14.0. The van der Waals surface area contributed by atoms with Gasteiger partial charge in [-0.3, -0.25) is 9.69 Å². The Morgan fingerprint density at radius 1 is 1.31 bits per heavy atom. The molecule has 4 nitrogen and oxygen atoms in total. The molecule has 1 aliphatic rings. The molecule has 1 aromatic rings. The largest absolute Gasteiger partial charge is 0.507 e. The Morgan fingerprint density at radius 2 is 2.00 bits per heavy atom. The molecule has 1 saturated heterocycles. The van der Waals surface area contributed by atoms with Crippen molar-refractivity contribution in [2.45, 2.75) is 0 Å². The van der Waals surface area contributed by atoms with E-state index >= 15 is 0 Å². The van der Waals surface area contributed by atoms with Gasteiger partial charge in [-0.25, -0.2) is 0 Å². The highest BCUT2D eigenvalue weighted by atomic mass is 16.3. The van der Waals surface area contributed by atoms with Crippen molar-refractivity contribution in [3.05, 3.63) is 29.8 Å². The van der Waals surface area contributed by atoms with E-state index in [4.69, 9.17) is 0 Å². The van der Waals surface area contributed by atoms with Crippen LogP contribution in [0.25, 0.3) is 0 Å². The Balaban J connectivity index is 2.00. The van der Waals surface area contributed by atoms with Crippen molar-refractivity contribution in [3.8, 4) is 5.75 Å². The first-order chi connectivity index (χ1) is 7.77. The highest BCUT2D eigenvalue weighted by Crippen LogP contribution is 2.16. The second-order valence-corrected chi connectivity index (χ2v) is 3.97. The summed E-state index contributed by atoms with van der Waals surface area (Å²) in [5.41, 5.74) is 0.418. The topological polar surface area (TPSA) is 52.6 Å². The number of carbonyl (C=O) groups excluding carboxylic acids is 1. The number of piperazine rings is 1. The SMILES string of the molecule is O=C(CN1CCNCC1)c1ccccc1O. The monoisotopic (exact) mass is 220 g/mol. The maximum absolute atomic E-state index is 11.9. The van der Waals surface area contributed by atoms with Gasteiger partial charge in [-0.05, 0) is 12.1 Å². The minimum absolute atomic E-state index is 0.0139. The van der Waals surface area contributed by atoms with Crippen LogP contribution >= 0.6 is 0 Å². The number of rotatable bonds is 3. The molecule has 1 aromatic carbocycles. The van der Waals surface area contributed by atoms with E-state index in [0.717, 1.165) is 26.2 Å². The van der Waals surface area contributed by atoms with Gasteiger partial charge in [0.15, 0.2) is 5.78 Å². The summed E-state index contributed by atoms with van der Waals surface area (Å²) in [5, 5.41) is 12.8.